The summed E-state index contributed by atoms with van der Waals surface area (Å²) in [6.45, 7) is 0. The van der Waals surface area contributed by atoms with E-state index in [-0.39, 0.29) is 17.7 Å². The Bertz CT molecular complexity index is 875. The summed E-state index contributed by atoms with van der Waals surface area (Å²) < 4.78 is 10.5. The molecule has 0 saturated heterocycles. The van der Waals surface area contributed by atoms with Gasteiger partial charge in [-0.25, -0.2) is 0 Å². The van der Waals surface area contributed by atoms with Crippen LogP contribution in [-0.4, -0.2) is 23.2 Å². The van der Waals surface area contributed by atoms with E-state index in [0.717, 1.165) is 29.0 Å². The van der Waals surface area contributed by atoms with Gasteiger partial charge in [0.25, 0.3) is 0 Å². The van der Waals surface area contributed by atoms with Crippen molar-refractivity contribution in [2.75, 3.05) is 12.4 Å². The fourth-order valence-corrected chi connectivity index (χ4v) is 3.03. The van der Waals surface area contributed by atoms with Crippen LogP contribution in [0.1, 0.15) is 17.9 Å². The number of ether oxygens (including phenoxy) is 1. The normalized spacial score (nSPS) is 18.6. The van der Waals surface area contributed by atoms with Crippen LogP contribution in [0.2, 0.25) is 0 Å². The Hall–Kier alpha value is -3.15. The fraction of sp³-hybridized carbons (Fsp3) is 0.211. The molecule has 0 aliphatic heterocycles. The molecule has 0 unspecified atom stereocenters. The minimum Gasteiger partial charge on any atom is -0.496 e. The van der Waals surface area contributed by atoms with Gasteiger partial charge in [0.15, 0.2) is 0 Å². The van der Waals surface area contributed by atoms with Crippen molar-refractivity contribution < 1.29 is 13.9 Å². The van der Waals surface area contributed by atoms with E-state index in [1.807, 2.05) is 48.5 Å². The van der Waals surface area contributed by atoms with E-state index in [2.05, 4.69) is 15.5 Å². The Morgan fingerprint density at radius 1 is 1.20 bits per heavy atom. The molecular weight excluding hydrogens is 318 g/mol. The van der Waals surface area contributed by atoms with Crippen LogP contribution in [0.4, 0.5) is 5.69 Å². The highest BCUT2D eigenvalue weighted by atomic mass is 16.5. The van der Waals surface area contributed by atoms with E-state index in [0.29, 0.717) is 5.89 Å². The van der Waals surface area contributed by atoms with Crippen LogP contribution in [0, 0.1) is 5.92 Å². The molecule has 126 valence electrons. The Labute approximate surface area is 144 Å². The molecule has 6 heteroatoms. The Balaban J connectivity index is 1.41. The molecule has 25 heavy (non-hydrogen) atoms. The molecule has 1 fully saturated rings. The van der Waals surface area contributed by atoms with Gasteiger partial charge in [-0.05, 0) is 48.2 Å². The summed E-state index contributed by atoms with van der Waals surface area (Å²) in [6.07, 6.45) is 2.13. The van der Waals surface area contributed by atoms with E-state index < -0.39 is 0 Å². The fourth-order valence-electron chi connectivity index (χ4n) is 3.03. The van der Waals surface area contributed by atoms with Crippen molar-refractivity contribution in [3.63, 3.8) is 0 Å². The first-order valence-corrected chi connectivity index (χ1v) is 8.06. The lowest BCUT2D eigenvalue weighted by Crippen LogP contribution is -2.14. The highest BCUT2D eigenvalue weighted by Gasteiger charge is 2.45. The first-order chi connectivity index (χ1) is 12.3. The molecule has 0 spiro atoms. The summed E-state index contributed by atoms with van der Waals surface area (Å²) in [5.74, 6) is 1.52. The average molecular weight is 335 g/mol. The third kappa shape index (κ3) is 3.10. The number of benzene rings is 2. The molecule has 1 N–H and O–H groups in total. The maximum absolute atomic E-state index is 12.5. The SMILES string of the molecule is COc1ccccc1[C@H]1C[C@@H]1C(=O)Nc1ccc(-c2nnco2)cc1. The van der Waals surface area contributed by atoms with Crippen molar-refractivity contribution in [1.29, 1.82) is 0 Å². The van der Waals surface area contributed by atoms with Crippen LogP contribution in [0.25, 0.3) is 11.5 Å². The van der Waals surface area contributed by atoms with Gasteiger partial charge >= 0.3 is 0 Å². The zero-order chi connectivity index (χ0) is 17.2. The maximum atomic E-state index is 12.5. The second kappa shape index (κ2) is 6.39. The zero-order valence-electron chi connectivity index (χ0n) is 13.7. The molecular formula is C19H17N3O3. The first-order valence-electron chi connectivity index (χ1n) is 8.06. The smallest absolute Gasteiger partial charge is 0.247 e. The molecule has 1 aliphatic carbocycles. The van der Waals surface area contributed by atoms with Crippen molar-refractivity contribution in [2.24, 2.45) is 5.92 Å². The van der Waals surface area contributed by atoms with Crippen LogP contribution in [0.3, 0.4) is 0 Å². The molecule has 1 amide bonds. The molecule has 0 bridgehead atoms. The van der Waals surface area contributed by atoms with Gasteiger partial charge in [0.2, 0.25) is 18.2 Å². The molecule has 0 radical (unpaired) electrons. The lowest BCUT2D eigenvalue weighted by atomic mass is 10.1. The summed E-state index contributed by atoms with van der Waals surface area (Å²) in [7, 11) is 1.65. The zero-order valence-corrected chi connectivity index (χ0v) is 13.7. The third-order valence-electron chi connectivity index (χ3n) is 4.43. The lowest BCUT2D eigenvalue weighted by molar-refractivity contribution is -0.117. The summed E-state index contributed by atoms with van der Waals surface area (Å²) in [4.78, 5) is 12.5. The minimum absolute atomic E-state index is 0.0214. The maximum Gasteiger partial charge on any atom is 0.247 e. The van der Waals surface area contributed by atoms with Gasteiger partial charge < -0.3 is 14.5 Å². The number of hydrogen-bond donors (Lipinski definition) is 1. The summed E-state index contributed by atoms with van der Waals surface area (Å²) in [5.41, 5.74) is 2.66. The van der Waals surface area contributed by atoms with Crippen molar-refractivity contribution in [3.8, 4) is 17.2 Å². The summed E-state index contributed by atoms with van der Waals surface area (Å²) in [5, 5.41) is 10.5. The highest BCUT2D eigenvalue weighted by molar-refractivity contribution is 5.95. The number of anilines is 1. The number of amides is 1. The van der Waals surface area contributed by atoms with Gasteiger partial charge in [0.1, 0.15) is 5.75 Å². The molecule has 6 nitrogen and oxygen atoms in total. The second-order valence-electron chi connectivity index (χ2n) is 6.00. The molecule has 1 aliphatic rings. The largest absolute Gasteiger partial charge is 0.496 e. The van der Waals surface area contributed by atoms with E-state index in [1.54, 1.807) is 7.11 Å². The number of nitrogens with one attached hydrogen (secondary N) is 1. The van der Waals surface area contributed by atoms with Gasteiger partial charge in [0, 0.05) is 17.2 Å². The van der Waals surface area contributed by atoms with E-state index >= 15 is 0 Å². The van der Waals surface area contributed by atoms with Gasteiger partial charge in [-0.1, -0.05) is 18.2 Å². The van der Waals surface area contributed by atoms with Crippen molar-refractivity contribution in [3.05, 3.63) is 60.5 Å². The molecule has 1 heterocycles. The number of nitrogens with zero attached hydrogens (tertiary/aromatic N) is 2. The van der Waals surface area contributed by atoms with Gasteiger partial charge in [0.05, 0.1) is 7.11 Å². The van der Waals surface area contributed by atoms with Crippen LogP contribution in [0.5, 0.6) is 5.75 Å². The standard InChI is InChI=1S/C19H17N3O3/c1-24-17-5-3-2-4-14(17)15-10-16(15)18(23)21-13-8-6-12(7-9-13)19-22-20-11-25-19/h2-9,11,15-16H,10H2,1H3,(H,21,23)/t15-,16+/m1/s1. The van der Waals surface area contributed by atoms with Gasteiger partial charge in [-0.2, -0.15) is 0 Å². The molecule has 2 aromatic carbocycles. The van der Waals surface area contributed by atoms with Crippen LogP contribution in [-0.2, 0) is 4.79 Å². The monoisotopic (exact) mass is 335 g/mol. The topological polar surface area (TPSA) is 77.2 Å². The minimum atomic E-state index is -0.0214. The highest BCUT2D eigenvalue weighted by Crippen LogP contribution is 2.50. The molecule has 4 rings (SSSR count). The van der Waals surface area contributed by atoms with Crippen molar-refractivity contribution in [1.82, 2.24) is 10.2 Å². The van der Waals surface area contributed by atoms with Gasteiger partial charge in [-0.3, -0.25) is 4.79 Å². The van der Waals surface area contributed by atoms with E-state index in [9.17, 15) is 4.79 Å². The lowest BCUT2D eigenvalue weighted by Gasteiger charge is -2.08. The van der Waals surface area contributed by atoms with E-state index in [4.69, 9.17) is 9.15 Å². The molecule has 1 saturated carbocycles. The van der Waals surface area contributed by atoms with Gasteiger partial charge in [-0.15, -0.1) is 10.2 Å². The predicted octanol–water partition coefficient (Wildman–Crippen LogP) is 3.49. The number of aromatic nitrogens is 2. The van der Waals surface area contributed by atoms with Crippen molar-refractivity contribution in [2.45, 2.75) is 12.3 Å². The number of carbonyl (C=O) groups excluding carboxylic acids is 1. The van der Waals surface area contributed by atoms with Crippen LogP contribution < -0.4 is 10.1 Å². The number of methoxy groups -OCH3 is 1. The summed E-state index contributed by atoms with van der Waals surface area (Å²) in [6, 6.07) is 15.2. The predicted molar refractivity (Wildman–Crippen MR) is 92.2 cm³/mol. The van der Waals surface area contributed by atoms with Crippen LogP contribution >= 0.6 is 0 Å². The summed E-state index contributed by atoms with van der Waals surface area (Å²) >= 11 is 0. The quantitative estimate of drug-likeness (QED) is 0.772. The average Bonchev–Trinajstić information content (AvgIpc) is 3.27. The van der Waals surface area contributed by atoms with Crippen LogP contribution in [0.15, 0.2) is 59.3 Å². The number of para-hydroxylation sites is 1. The number of hydrogen-bond acceptors (Lipinski definition) is 5. The Kier molecular flexibility index (Phi) is 3.93. The molecule has 2 atom stereocenters. The first kappa shape index (κ1) is 15.4. The number of carbonyl (C=O) groups is 1. The Morgan fingerprint density at radius 2 is 2.00 bits per heavy atom. The molecule has 1 aromatic heterocycles. The van der Waals surface area contributed by atoms with E-state index in [1.165, 1.54) is 6.39 Å². The number of rotatable bonds is 5. The Morgan fingerprint density at radius 3 is 2.72 bits per heavy atom. The molecule has 3 aromatic rings. The van der Waals surface area contributed by atoms with Crippen molar-refractivity contribution >= 4 is 11.6 Å². The second-order valence-corrected chi connectivity index (χ2v) is 6.00. The third-order valence-corrected chi connectivity index (χ3v) is 4.43.